The van der Waals surface area contributed by atoms with Gasteiger partial charge in [-0.2, -0.15) is 0 Å². The number of fused-ring (bicyclic) bond motifs is 2. The van der Waals surface area contributed by atoms with Gasteiger partial charge in [0, 0.05) is 52.3 Å². The van der Waals surface area contributed by atoms with Crippen LogP contribution in [-0.2, 0) is 12.8 Å². The molecule has 6 rings (SSSR count). The fraction of sp³-hybridized carbons (Fsp3) is 0.125. The van der Waals surface area contributed by atoms with E-state index in [0.717, 1.165) is 19.4 Å². The number of H-pyrrole nitrogens is 2. The highest BCUT2D eigenvalue weighted by Gasteiger charge is 2.22. The molecule has 2 heterocycles. The molecule has 0 amide bonds. The van der Waals surface area contributed by atoms with Crippen molar-refractivity contribution >= 4 is 27.5 Å². The molecule has 0 radical (unpaired) electrons. The third-order valence-corrected chi connectivity index (χ3v) is 7.01. The standard InChI is InChI=1S/C32H29N3/c1-2-10-23(11-3-1)18-19-33-30-15-7-4-12-24(30)20-27(28-21-34-31-16-8-5-13-25(28)31)29-22-35-32-17-9-6-14-26(29)32/h1-17,21-22,27,33-35H,18-20H2. The number of benzene rings is 4. The topological polar surface area (TPSA) is 43.6 Å². The lowest BCUT2D eigenvalue weighted by Crippen LogP contribution is -2.10. The Kier molecular flexibility index (Phi) is 5.82. The molecule has 4 aromatic carbocycles. The summed E-state index contributed by atoms with van der Waals surface area (Å²) in [7, 11) is 0. The maximum atomic E-state index is 3.72. The van der Waals surface area contributed by atoms with Gasteiger partial charge in [-0.25, -0.2) is 0 Å². The summed E-state index contributed by atoms with van der Waals surface area (Å²) < 4.78 is 0. The summed E-state index contributed by atoms with van der Waals surface area (Å²) in [5.74, 6) is 0.222. The minimum absolute atomic E-state index is 0.222. The van der Waals surface area contributed by atoms with Crippen LogP contribution >= 0.6 is 0 Å². The Hall–Kier alpha value is -4.24. The molecule has 0 aliphatic rings. The monoisotopic (exact) mass is 455 g/mol. The van der Waals surface area contributed by atoms with Crippen molar-refractivity contribution in [2.24, 2.45) is 0 Å². The Morgan fingerprint density at radius 3 is 1.86 bits per heavy atom. The van der Waals surface area contributed by atoms with Crippen molar-refractivity contribution in [2.45, 2.75) is 18.8 Å². The van der Waals surface area contributed by atoms with Crippen LogP contribution in [0, 0.1) is 0 Å². The van der Waals surface area contributed by atoms with Crippen LogP contribution in [0.5, 0.6) is 0 Å². The van der Waals surface area contributed by atoms with E-state index in [1.54, 1.807) is 0 Å². The SMILES string of the molecule is c1ccc(CCNc2ccccc2CC(c2c[nH]c3ccccc23)c2c[nH]c3ccccc23)cc1. The molecule has 0 spiro atoms. The zero-order valence-corrected chi connectivity index (χ0v) is 19.7. The van der Waals surface area contributed by atoms with Crippen LogP contribution in [0.25, 0.3) is 21.8 Å². The van der Waals surface area contributed by atoms with Gasteiger partial charge in [-0.3, -0.25) is 0 Å². The lowest BCUT2D eigenvalue weighted by molar-refractivity contribution is 0.818. The Labute approximate surface area is 205 Å². The molecular weight excluding hydrogens is 426 g/mol. The van der Waals surface area contributed by atoms with Gasteiger partial charge in [0.1, 0.15) is 0 Å². The second-order valence-corrected chi connectivity index (χ2v) is 9.16. The zero-order valence-electron chi connectivity index (χ0n) is 19.7. The summed E-state index contributed by atoms with van der Waals surface area (Å²) in [6.07, 6.45) is 6.31. The van der Waals surface area contributed by atoms with Crippen LogP contribution < -0.4 is 5.32 Å². The average Bonchev–Trinajstić information content (AvgIpc) is 3.54. The molecule has 0 saturated heterocycles. The van der Waals surface area contributed by atoms with E-state index in [0.29, 0.717) is 0 Å². The highest BCUT2D eigenvalue weighted by atomic mass is 14.9. The van der Waals surface area contributed by atoms with E-state index in [2.05, 4.69) is 131 Å². The molecule has 6 aromatic rings. The number of para-hydroxylation sites is 3. The van der Waals surface area contributed by atoms with Gasteiger partial charge in [0.05, 0.1) is 0 Å². The number of nitrogens with one attached hydrogen (secondary N) is 3. The fourth-order valence-electron chi connectivity index (χ4n) is 5.23. The molecule has 3 nitrogen and oxygen atoms in total. The van der Waals surface area contributed by atoms with Crippen LogP contribution in [-0.4, -0.2) is 16.5 Å². The summed E-state index contributed by atoms with van der Waals surface area (Å²) in [6.45, 7) is 0.909. The highest BCUT2D eigenvalue weighted by Crippen LogP contribution is 2.38. The van der Waals surface area contributed by atoms with Gasteiger partial charge in [0.25, 0.3) is 0 Å². The quantitative estimate of drug-likeness (QED) is 0.216. The first-order valence-electron chi connectivity index (χ1n) is 12.3. The van der Waals surface area contributed by atoms with Gasteiger partial charge in [0.15, 0.2) is 0 Å². The minimum atomic E-state index is 0.222. The molecule has 0 aliphatic carbocycles. The third-order valence-electron chi connectivity index (χ3n) is 7.01. The molecule has 0 aliphatic heterocycles. The van der Waals surface area contributed by atoms with Gasteiger partial charge in [-0.15, -0.1) is 0 Å². The van der Waals surface area contributed by atoms with E-state index < -0.39 is 0 Å². The fourth-order valence-corrected chi connectivity index (χ4v) is 5.23. The molecule has 0 saturated carbocycles. The maximum absolute atomic E-state index is 3.72. The molecule has 35 heavy (non-hydrogen) atoms. The largest absolute Gasteiger partial charge is 0.384 e. The van der Waals surface area contributed by atoms with Crippen LogP contribution in [0.3, 0.4) is 0 Å². The van der Waals surface area contributed by atoms with Crippen molar-refractivity contribution in [3.05, 3.63) is 138 Å². The number of hydrogen-bond donors (Lipinski definition) is 3. The van der Waals surface area contributed by atoms with Crippen molar-refractivity contribution in [1.82, 2.24) is 9.97 Å². The first-order chi connectivity index (χ1) is 17.4. The van der Waals surface area contributed by atoms with E-state index in [4.69, 9.17) is 0 Å². The Morgan fingerprint density at radius 1 is 0.600 bits per heavy atom. The van der Waals surface area contributed by atoms with Gasteiger partial charge >= 0.3 is 0 Å². The molecule has 0 fully saturated rings. The summed E-state index contributed by atoms with van der Waals surface area (Å²) >= 11 is 0. The molecule has 0 unspecified atom stereocenters. The Bertz CT molecular complexity index is 1480. The predicted octanol–water partition coefficient (Wildman–Crippen LogP) is 7.68. The van der Waals surface area contributed by atoms with Crippen molar-refractivity contribution in [2.75, 3.05) is 11.9 Å². The summed E-state index contributed by atoms with van der Waals surface area (Å²) in [5.41, 5.74) is 8.94. The van der Waals surface area contributed by atoms with E-state index in [1.165, 1.54) is 49.7 Å². The first kappa shape index (κ1) is 21.3. The summed E-state index contributed by atoms with van der Waals surface area (Å²) in [4.78, 5) is 7.01. The van der Waals surface area contributed by atoms with Crippen LogP contribution in [0.4, 0.5) is 5.69 Å². The van der Waals surface area contributed by atoms with Crippen LogP contribution in [0.2, 0.25) is 0 Å². The summed E-state index contributed by atoms with van der Waals surface area (Å²) in [6, 6.07) is 36.6. The van der Waals surface area contributed by atoms with E-state index in [9.17, 15) is 0 Å². The third kappa shape index (κ3) is 4.33. The maximum Gasteiger partial charge on any atom is 0.0457 e. The number of aromatic amines is 2. The second kappa shape index (κ2) is 9.55. The molecule has 3 N–H and O–H groups in total. The number of hydrogen-bond acceptors (Lipinski definition) is 1. The van der Waals surface area contributed by atoms with Crippen LogP contribution in [0.1, 0.15) is 28.2 Å². The lowest BCUT2D eigenvalue weighted by Gasteiger charge is -2.20. The Balaban J connectivity index is 1.36. The van der Waals surface area contributed by atoms with Gasteiger partial charge < -0.3 is 15.3 Å². The van der Waals surface area contributed by atoms with Crippen molar-refractivity contribution in [3.63, 3.8) is 0 Å². The Morgan fingerprint density at radius 2 is 1.17 bits per heavy atom. The van der Waals surface area contributed by atoms with Crippen molar-refractivity contribution in [1.29, 1.82) is 0 Å². The predicted molar refractivity (Wildman–Crippen MR) is 147 cm³/mol. The van der Waals surface area contributed by atoms with E-state index in [1.807, 2.05) is 0 Å². The van der Waals surface area contributed by atoms with Crippen molar-refractivity contribution < 1.29 is 0 Å². The smallest absolute Gasteiger partial charge is 0.0457 e. The van der Waals surface area contributed by atoms with E-state index >= 15 is 0 Å². The number of rotatable bonds is 8. The minimum Gasteiger partial charge on any atom is -0.384 e. The van der Waals surface area contributed by atoms with Gasteiger partial charge in [0.2, 0.25) is 0 Å². The number of anilines is 1. The molecule has 2 aromatic heterocycles. The molecule has 0 atom stereocenters. The average molecular weight is 456 g/mol. The van der Waals surface area contributed by atoms with Crippen LogP contribution in [0.15, 0.2) is 116 Å². The van der Waals surface area contributed by atoms with Crippen molar-refractivity contribution in [3.8, 4) is 0 Å². The normalized spacial score (nSPS) is 11.5. The van der Waals surface area contributed by atoms with Gasteiger partial charge in [-0.1, -0.05) is 84.9 Å². The summed E-state index contributed by atoms with van der Waals surface area (Å²) in [5, 5.41) is 6.29. The zero-order chi connectivity index (χ0) is 23.5. The molecule has 3 heteroatoms. The van der Waals surface area contributed by atoms with E-state index in [-0.39, 0.29) is 5.92 Å². The number of aromatic nitrogens is 2. The highest BCUT2D eigenvalue weighted by molar-refractivity contribution is 5.88. The second-order valence-electron chi connectivity index (χ2n) is 9.16. The molecule has 0 bridgehead atoms. The first-order valence-corrected chi connectivity index (χ1v) is 12.3. The molecular formula is C32H29N3. The lowest BCUT2D eigenvalue weighted by atomic mass is 9.85. The molecule has 172 valence electrons. The van der Waals surface area contributed by atoms with Gasteiger partial charge in [-0.05, 0) is 53.3 Å².